The smallest absolute Gasteiger partial charge is 0.159 e. The van der Waals surface area contributed by atoms with Crippen molar-refractivity contribution in [1.82, 2.24) is 0 Å². The normalized spacial score (nSPS) is 10.5. The van der Waals surface area contributed by atoms with Gasteiger partial charge in [-0.1, -0.05) is 48.5 Å². The number of ether oxygens (including phenoxy) is 1. The summed E-state index contributed by atoms with van der Waals surface area (Å²) in [4.78, 5) is 22.4. The Balaban J connectivity index is 1.69. The third kappa shape index (κ3) is 5.46. The number of hydrogen-bond acceptors (Lipinski definition) is 3. The fourth-order valence-corrected chi connectivity index (χ4v) is 2.29. The second kappa shape index (κ2) is 8.39. The highest BCUT2D eigenvalue weighted by Gasteiger charge is 2.01. The molecule has 0 spiro atoms. The van der Waals surface area contributed by atoms with E-state index in [1.165, 1.54) is 11.1 Å². The molecular weight excluding hydrogens is 288 g/mol. The maximum absolute atomic E-state index is 11.2. The Morgan fingerprint density at radius 3 is 1.35 bits per heavy atom. The molecule has 0 bridgehead atoms. The van der Waals surface area contributed by atoms with E-state index in [-0.39, 0.29) is 11.6 Å². The minimum Gasteiger partial charge on any atom is -0.381 e. The van der Waals surface area contributed by atoms with E-state index < -0.39 is 0 Å². The van der Waals surface area contributed by atoms with Crippen molar-refractivity contribution < 1.29 is 14.3 Å². The summed E-state index contributed by atoms with van der Waals surface area (Å²) >= 11 is 0. The van der Waals surface area contributed by atoms with Gasteiger partial charge in [0.15, 0.2) is 11.6 Å². The van der Waals surface area contributed by atoms with Gasteiger partial charge < -0.3 is 4.74 Å². The lowest BCUT2D eigenvalue weighted by Crippen LogP contribution is -2.03. The number of benzene rings is 2. The molecule has 0 aliphatic heterocycles. The van der Waals surface area contributed by atoms with Gasteiger partial charge in [0.05, 0.1) is 13.2 Å². The summed E-state index contributed by atoms with van der Waals surface area (Å²) in [7, 11) is 0. The number of carbonyl (C=O) groups excluding carboxylic acids is 2. The fraction of sp³-hybridized carbons (Fsp3) is 0.300. The highest BCUT2D eigenvalue weighted by atomic mass is 16.5. The molecule has 0 saturated heterocycles. The zero-order valence-corrected chi connectivity index (χ0v) is 13.7. The first kappa shape index (κ1) is 17.1. The highest BCUT2D eigenvalue weighted by Crippen LogP contribution is 2.08. The Labute approximate surface area is 137 Å². The third-order valence-electron chi connectivity index (χ3n) is 3.79. The van der Waals surface area contributed by atoms with Crippen LogP contribution in [0.2, 0.25) is 0 Å². The van der Waals surface area contributed by atoms with Crippen molar-refractivity contribution in [3.05, 3.63) is 70.8 Å². The first-order valence-electron chi connectivity index (χ1n) is 7.84. The van der Waals surface area contributed by atoms with Crippen LogP contribution in [0.15, 0.2) is 48.5 Å². The SMILES string of the molecule is CC(=O)c1ccc(CCOCCc2ccc(C(C)=O)cc2)cc1. The van der Waals surface area contributed by atoms with E-state index in [1.807, 2.05) is 48.5 Å². The molecule has 0 aliphatic rings. The zero-order chi connectivity index (χ0) is 16.7. The van der Waals surface area contributed by atoms with Crippen LogP contribution in [0.25, 0.3) is 0 Å². The molecule has 0 amide bonds. The predicted molar refractivity (Wildman–Crippen MR) is 91.1 cm³/mol. The second-order valence-corrected chi connectivity index (χ2v) is 5.62. The van der Waals surface area contributed by atoms with Crippen LogP contribution < -0.4 is 0 Å². The van der Waals surface area contributed by atoms with Crippen LogP contribution in [-0.2, 0) is 17.6 Å². The van der Waals surface area contributed by atoms with Crippen LogP contribution in [0, 0.1) is 0 Å². The Hall–Kier alpha value is -2.26. The van der Waals surface area contributed by atoms with Gasteiger partial charge in [0.1, 0.15) is 0 Å². The van der Waals surface area contributed by atoms with Crippen LogP contribution >= 0.6 is 0 Å². The minimum absolute atomic E-state index is 0.0867. The van der Waals surface area contributed by atoms with Gasteiger partial charge in [-0.2, -0.15) is 0 Å². The molecule has 0 aromatic heterocycles. The van der Waals surface area contributed by atoms with Crippen LogP contribution in [0.1, 0.15) is 45.7 Å². The average Bonchev–Trinajstić information content (AvgIpc) is 2.55. The molecule has 3 nitrogen and oxygen atoms in total. The topological polar surface area (TPSA) is 43.4 Å². The van der Waals surface area contributed by atoms with Gasteiger partial charge in [-0.3, -0.25) is 9.59 Å². The molecule has 0 N–H and O–H groups in total. The summed E-state index contributed by atoms with van der Waals surface area (Å²) in [6.07, 6.45) is 1.67. The van der Waals surface area contributed by atoms with Crippen LogP contribution in [0.4, 0.5) is 0 Å². The quantitative estimate of drug-likeness (QED) is 0.549. The molecule has 23 heavy (non-hydrogen) atoms. The van der Waals surface area contributed by atoms with Gasteiger partial charge in [-0.05, 0) is 37.8 Å². The Morgan fingerprint density at radius 1 is 0.696 bits per heavy atom. The minimum atomic E-state index is 0.0867. The summed E-state index contributed by atoms with van der Waals surface area (Å²) in [6, 6.07) is 15.3. The van der Waals surface area contributed by atoms with Crippen molar-refractivity contribution in [3.63, 3.8) is 0 Å². The van der Waals surface area contributed by atoms with E-state index in [0.29, 0.717) is 13.2 Å². The largest absolute Gasteiger partial charge is 0.381 e. The molecule has 120 valence electrons. The van der Waals surface area contributed by atoms with Crippen LogP contribution in [-0.4, -0.2) is 24.8 Å². The van der Waals surface area contributed by atoms with Gasteiger partial charge in [0.25, 0.3) is 0 Å². The van der Waals surface area contributed by atoms with E-state index in [1.54, 1.807) is 13.8 Å². The van der Waals surface area contributed by atoms with E-state index in [2.05, 4.69) is 0 Å². The van der Waals surface area contributed by atoms with E-state index in [4.69, 9.17) is 4.74 Å². The molecule has 0 atom stereocenters. The molecule has 0 aliphatic carbocycles. The molecule has 3 heteroatoms. The van der Waals surface area contributed by atoms with Gasteiger partial charge in [-0.25, -0.2) is 0 Å². The predicted octanol–water partition coefficient (Wildman–Crippen LogP) is 3.89. The number of rotatable bonds is 8. The van der Waals surface area contributed by atoms with E-state index >= 15 is 0 Å². The molecule has 0 radical (unpaired) electrons. The molecule has 2 rings (SSSR count). The number of ketones is 2. The summed E-state index contributed by atoms with van der Waals surface area (Å²) in [5.41, 5.74) is 3.81. The molecular formula is C20H22O3. The number of hydrogen-bond donors (Lipinski definition) is 0. The van der Waals surface area contributed by atoms with Crippen molar-refractivity contribution in [2.24, 2.45) is 0 Å². The molecule has 0 heterocycles. The Kier molecular flexibility index (Phi) is 6.24. The summed E-state index contributed by atoms with van der Waals surface area (Å²) < 4.78 is 5.66. The first-order chi connectivity index (χ1) is 11.1. The van der Waals surface area contributed by atoms with Crippen molar-refractivity contribution in [2.75, 3.05) is 13.2 Å². The molecule has 0 fully saturated rings. The van der Waals surface area contributed by atoms with Crippen molar-refractivity contribution in [3.8, 4) is 0 Å². The highest BCUT2D eigenvalue weighted by molar-refractivity contribution is 5.94. The lowest BCUT2D eigenvalue weighted by Gasteiger charge is -2.06. The van der Waals surface area contributed by atoms with Crippen molar-refractivity contribution in [2.45, 2.75) is 26.7 Å². The number of carbonyl (C=O) groups is 2. The molecule has 0 unspecified atom stereocenters. The van der Waals surface area contributed by atoms with Crippen molar-refractivity contribution >= 4 is 11.6 Å². The maximum atomic E-state index is 11.2. The van der Waals surface area contributed by atoms with Gasteiger partial charge in [0.2, 0.25) is 0 Å². The zero-order valence-electron chi connectivity index (χ0n) is 13.7. The molecule has 0 saturated carbocycles. The summed E-state index contributed by atoms with van der Waals surface area (Å²) in [5.74, 6) is 0.173. The lowest BCUT2D eigenvalue weighted by molar-refractivity contribution is 0.100. The summed E-state index contributed by atoms with van der Waals surface area (Å²) in [6.45, 7) is 4.46. The lowest BCUT2D eigenvalue weighted by atomic mass is 10.1. The first-order valence-corrected chi connectivity index (χ1v) is 7.84. The fourth-order valence-electron chi connectivity index (χ4n) is 2.29. The van der Waals surface area contributed by atoms with Crippen LogP contribution in [0.3, 0.4) is 0 Å². The monoisotopic (exact) mass is 310 g/mol. The Bertz CT molecular complexity index is 595. The third-order valence-corrected chi connectivity index (χ3v) is 3.79. The van der Waals surface area contributed by atoms with E-state index in [0.717, 1.165) is 24.0 Å². The van der Waals surface area contributed by atoms with E-state index in [9.17, 15) is 9.59 Å². The molecule has 2 aromatic carbocycles. The number of Topliss-reactive ketones (excluding diaryl/α,β-unsaturated/α-hetero) is 2. The van der Waals surface area contributed by atoms with Gasteiger partial charge in [0, 0.05) is 11.1 Å². The average molecular weight is 310 g/mol. The van der Waals surface area contributed by atoms with Crippen LogP contribution in [0.5, 0.6) is 0 Å². The Morgan fingerprint density at radius 2 is 1.04 bits per heavy atom. The maximum Gasteiger partial charge on any atom is 0.159 e. The molecule has 2 aromatic rings. The van der Waals surface area contributed by atoms with Crippen molar-refractivity contribution in [1.29, 1.82) is 0 Å². The van der Waals surface area contributed by atoms with Gasteiger partial charge in [-0.15, -0.1) is 0 Å². The second-order valence-electron chi connectivity index (χ2n) is 5.62. The van der Waals surface area contributed by atoms with Gasteiger partial charge >= 0.3 is 0 Å². The summed E-state index contributed by atoms with van der Waals surface area (Å²) in [5, 5.41) is 0. The standard InChI is InChI=1S/C20H22O3/c1-15(21)19-7-3-17(4-8-19)11-13-23-14-12-18-5-9-20(10-6-18)16(2)22/h3-10H,11-14H2,1-2H3.